The molecule has 158 valence electrons. The molecule has 3 aromatic carbocycles. The summed E-state index contributed by atoms with van der Waals surface area (Å²) in [6.45, 7) is 0. The van der Waals surface area contributed by atoms with Crippen LogP contribution in [0.1, 0.15) is 21.5 Å². The molecule has 0 radical (unpaired) electrons. The number of phenols is 1. The second-order valence-electron chi connectivity index (χ2n) is 6.88. The molecule has 1 heterocycles. The molecule has 0 aliphatic heterocycles. The topological polar surface area (TPSA) is 96.7 Å². The summed E-state index contributed by atoms with van der Waals surface area (Å²) in [6.07, 6.45) is 3.79. The lowest BCUT2D eigenvalue weighted by Gasteiger charge is -2.14. The first-order valence-electron chi connectivity index (χ1n) is 9.51. The third kappa shape index (κ3) is 4.46. The Labute approximate surface area is 181 Å². The van der Waals surface area contributed by atoms with Crippen LogP contribution >= 0.6 is 0 Å². The van der Waals surface area contributed by atoms with Gasteiger partial charge in [0.1, 0.15) is 23.1 Å². The van der Waals surface area contributed by atoms with Gasteiger partial charge in [-0.1, -0.05) is 24.3 Å². The lowest BCUT2D eigenvalue weighted by atomic mass is 10.0. The van der Waals surface area contributed by atoms with Crippen molar-refractivity contribution in [2.75, 3.05) is 0 Å². The zero-order chi connectivity index (χ0) is 22.7. The largest absolute Gasteiger partial charge is 0.508 e. The van der Waals surface area contributed by atoms with E-state index in [0.29, 0.717) is 22.2 Å². The Bertz CT molecular complexity index is 1360. The molecule has 0 aliphatic carbocycles. The predicted molar refractivity (Wildman–Crippen MR) is 116 cm³/mol. The number of carboxylic acids is 1. The van der Waals surface area contributed by atoms with E-state index in [9.17, 15) is 19.1 Å². The zero-order valence-corrected chi connectivity index (χ0v) is 16.5. The Balaban J connectivity index is 1.78. The number of carbonyl (C=O) groups is 2. The van der Waals surface area contributed by atoms with Crippen molar-refractivity contribution in [1.82, 2.24) is 4.98 Å². The highest BCUT2D eigenvalue weighted by Crippen LogP contribution is 2.35. The van der Waals surface area contributed by atoms with Gasteiger partial charge in [-0.3, -0.25) is 9.78 Å². The van der Waals surface area contributed by atoms with Crippen molar-refractivity contribution in [3.05, 3.63) is 102 Å². The maximum Gasteiger partial charge on any atom is 0.328 e. The molecule has 0 fully saturated rings. The van der Waals surface area contributed by atoms with E-state index in [0.717, 1.165) is 12.1 Å². The third-order valence-corrected chi connectivity index (χ3v) is 4.65. The van der Waals surface area contributed by atoms with Crippen molar-refractivity contribution in [3.63, 3.8) is 0 Å². The average Bonchev–Trinajstić information content (AvgIpc) is 2.78. The minimum atomic E-state index is -1.06. The van der Waals surface area contributed by atoms with Crippen molar-refractivity contribution in [1.29, 1.82) is 0 Å². The number of halogens is 1. The molecule has 2 N–H and O–H groups in total. The fraction of sp³-hybridized carbons (Fsp3) is 0. The zero-order valence-electron chi connectivity index (χ0n) is 16.5. The Morgan fingerprint density at radius 3 is 2.50 bits per heavy atom. The first kappa shape index (κ1) is 20.7. The van der Waals surface area contributed by atoms with Gasteiger partial charge in [0.25, 0.3) is 0 Å². The molecule has 0 aliphatic rings. The number of fused-ring (bicyclic) bond motifs is 1. The lowest BCUT2D eigenvalue weighted by molar-refractivity contribution is -0.131. The third-order valence-electron chi connectivity index (χ3n) is 4.65. The molecule has 0 bridgehead atoms. The lowest BCUT2D eigenvalue weighted by Crippen LogP contribution is -2.05. The van der Waals surface area contributed by atoms with Gasteiger partial charge >= 0.3 is 5.97 Å². The number of pyridine rings is 1. The minimum Gasteiger partial charge on any atom is -0.508 e. The molecule has 0 amide bonds. The summed E-state index contributed by atoms with van der Waals surface area (Å²) < 4.78 is 19.7. The predicted octanol–water partition coefficient (Wildman–Crippen LogP) is 5.20. The number of hydrogen-bond donors (Lipinski definition) is 2. The van der Waals surface area contributed by atoms with Crippen LogP contribution in [0.3, 0.4) is 0 Å². The van der Waals surface area contributed by atoms with Gasteiger partial charge in [-0.25, -0.2) is 9.18 Å². The molecule has 0 saturated carbocycles. The van der Waals surface area contributed by atoms with Gasteiger partial charge in [-0.2, -0.15) is 0 Å². The number of ketones is 1. The summed E-state index contributed by atoms with van der Waals surface area (Å²) in [4.78, 5) is 28.0. The normalized spacial score (nSPS) is 11.0. The molecule has 1 aromatic heterocycles. The van der Waals surface area contributed by atoms with E-state index in [-0.39, 0.29) is 22.6 Å². The highest BCUT2D eigenvalue weighted by Gasteiger charge is 2.20. The standard InChI is InChI=1S/C25H16FNO5/c26-17-3-1-2-16(12-17)24(31)21-14-27-22-13-18(28)7-10-20(22)25(21)32-19-8-4-15(5-9-19)6-11-23(29)30/h1-14,28H,(H,29,30)/b11-6+. The number of ether oxygens (including phenoxy) is 1. The number of carbonyl (C=O) groups excluding carboxylic acids is 1. The van der Waals surface area contributed by atoms with Crippen molar-refractivity contribution >= 4 is 28.7 Å². The molecule has 0 unspecified atom stereocenters. The van der Waals surface area contributed by atoms with E-state index in [1.165, 1.54) is 42.6 Å². The smallest absolute Gasteiger partial charge is 0.328 e. The Morgan fingerprint density at radius 2 is 1.78 bits per heavy atom. The highest BCUT2D eigenvalue weighted by atomic mass is 19.1. The van der Waals surface area contributed by atoms with Crippen LogP contribution in [0.2, 0.25) is 0 Å². The molecular formula is C25H16FNO5. The van der Waals surface area contributed by atoms with E-state index < -0.39 is 17.6 Å². The molecule has 4 aromatic rings. The van der Waals surface area contributed by atoms with Crippen LogP contribution in [0.25, 0.3) is 17.0 Å². The van der Waals surface area contributed by atoms with Crippen molar-refractivity contribution in [3.8, 4) is 17.2 Å². The maximum atomic E-state index is 13.7. The van der Waals surface area contributed by atoms with E-state index in [1.807, 2.05) is 0 Å². The number of phenolic OH excluding ortho intramolecular Hbond substituents is 1. The fourth-order valence-corrected chi connectivity index (χ4v) is 3.15. The molecule has 4 rings (SSSR count). The van der Waals surface area contributed by atoms with Crippen molar-refractivity contribution in [2.24, 2.45) is 0 Å². The van der Waals surface area contributed by atoms with Crippen LogP contribution in [0.5, 0.6) is 17.2 Å². The van der Waals surface area contributed by atoms with E-state index in [2.05, 4.69) is 4.98 Å². The molecule has 32 heavy (non-hydrogen) atoms. The second kappa shape index (κ2) is 8.69. The van der Waals surface area contributed by atoms with Gasteiger partial charge in [0.2, 0.25) is 0 Å². The summed E-state index contributed by atoms with van der Waals surface area (Å²) in [7, 11) is 0. The number of aromatic hydroxyl groups is 1. The monoisotopic (exact) mass is 429 g/mol. The molecular weight excluding hydrogens is 413 g/mol. The summed E-state index contributed by atoms with van der Waals surface area (Å²) >= 11 is 0. The van der Waals surface area contributed by atoms with Gasteiger partial charge < -0.3 is 14.9 Å². The minimum absolute atomic E-state index is 0.00901. The fourth-order valence-electron chi connectivity index (χ4n) is 3.15. The summed E-state index contributed by atoms with van der Waals surface area (Å²) in [6, 6.07) is 16.4. The number of carboxylic acid groups (broad SMARTS) is 1. The number of hydrogen-bond acceptors (Lipinski definition) is 5. The Hall–Kier alpha value is -4.52. The van der Waals surface area contributed by atoms with Crippen molar-refractivity contribution in [2.45, 2.75) is 0 Å². The van der Waals surface area contributed by atoms with Crippen LogP contribution in [0.4, 0.5) is 4.39 Å². The van der Waals surface area contributed by atoms with Gasteiger partial charge in [0.15, 0.2) is 5.78 Å². The maximum absolute atomic E-state index is 13.7. The van der Waals surface area contributed by atoms with E-state index >= 15 is 0 Å². The molecule has 0 saturated heterocycles. The van der Waals surface area contributed by atoms with E-state index in [1.54, 1.807) is 30.3 Å². The molecule has 0 spiro atoms. The molecule has 7 heteroatoms. The number of rotatable bonds is 6. The van der Waals surface area contributed by atoms with Gasteiger partial charge in [-0.05, 0) is 48.0 Å². The summed E-state index contributed by atoms with van der Waals surface area (Å²) in [5.41, 5.74) is 1.34. The van der Waals surface area contributed by atoms with Gasteiger partial charge in [0.05, 0.1) is 11.1 Å². The van der Waals surface area contributed by atoms with Crippen LogP contribution in [-0.4, -0.2) is 26.9 Å². The SMILES string of the molecule is O=C(O)/C=C/c1ccc(Oc2c(C(=O)c3cccc(F)c3)cnc3cc(O)ccc23)cc1. The summed E-state index contributed by atoms with van der Waals surface area (Å²) in [5.74, 6) is -1.46. The van der Waals surface area contributed by atoms with Crippen molar-refractivity contribution < 1.29 is 28.9 Å². The molecule has 6 nitrogen and oxygen atoms in total. The van der Waals surface area contributed by atoms with Crippen LogP contribution in [0.15, 0.2) is 79.0 Å². The van der Waals surface area contributed by atoms with E-state index in [4.69, 9.17) is 9.84 Å². The molecule has 0 atom stereocenters. The van der Waals surface area contributed by atoms with Gasteiger partial charge in [0, 0.05) is 29.3 Å². The quantitative estimate of drug-likeness (QED) is 0.323. The Kier molecular flexibility index (Phi) is 5.63. The highest BCUT2D eigenvalue weighted by molar-refractivity contribution is 6.13. The number of aromatic nitrogens is 1. The first-order chi connectivity index (χ1) is 15.4. The van der Waals surface area contributed by atoms with Crippen LogP contribution in [-0.2, 0) is 4.79 Å². The van der Waals surface area contributed by atoms with Crippen LogP contribution in [0, 0.1) is 5.82 Å². The number of aliphatic carboxylic acids is 1. The first-order valence-corrected chi connectivity index (χ1v) is 9.51. The second-order valence-corrected chi connectivity index (χ2v) is 6.88. The summed E-state index contributed by atoms with van der Waals surface area (Å²) in [5, 5.41) is 19.0. The van der Waals surface area contributed by atoms with Gasteiger partial charge in [-0.15, -0.1) is 0 Å². The average molecular weight is 429 g/mol. The number of benzene rings is 3. The Morgan fingerprint density at radius 1 is 1.00 bits per heavy atom. The van der Waals surface area contributed by atoms with Crippen LogP contribution < -0.4 is 4.74 Å². The number of nitrogens with zero attached hydrogens (tertiary/aromatic N) is 1.